The minimum absolute atomic E-state index is 0.0883. The third-order valence-electron chi connectivity index (χ3n) is 2.58. The average molecular weight is 345 g/mol. The first-order chi connectivity index (χ1) is 8.90. The molecule has 19 heavy (non-hydrogen) atoms. The number of nitrogens with one attached hydrogen (secondary N) is 2. The first kappa shape index (κ1) is 14.0. The van der Waals surface area contributed by atoms with Gasteiger partial charge in [-0.25, -0.2) is 13.1 Å². The molecule has 0 fully saturated rings. The normalized spacial score (nSPS) is 11.7. The van der Waals surface area contributed by atoms with Gasteiger partial charge in [-0.1, -0.05) is 6.07 Å². The Hall–Kier alpha value is -1.38. The number of H-pyrrole nitrogens is 1. The van der Waals surface area contributed by atoms with Gasteiger partial charge in [0.1, 0.15) is 5.82 Å². The summed E-state index contributed by atoms with van der Waals surface area (Å²) in [6.07, 6.45) is 1.49. The third-order valence-corrected chi connectivity index (χ3v) is 4.96. The van der Waals surface area contributed by atoms with E-state index < -0.39 is 10.0 Å². The molecule has 0 spiro atoms. The summed E-state index contributed by atoms with van der Waals surface area (Å²) in [6.45, 7) is 1.98. The molecule has 2 rings (SSSR count). The van der Waals surface area contributed by atoms with E-state index in [0.29, 0.717) is 15.9 Å². The molecular weight excluding hydrogens is 332 g/mol. The molecule has 0 amide bonds. The molecule has 0 unspecified atom stereocenters. The monoisotopic (exact) mass is 344 g/mol. The van der Waals surface area contributed by atoms with Crippen molar-refractivity contribution in [3.63, 3.8) is 0 Å². The van der Waals surface area contributed by atoms with E-state index in [9.17, 15) is 8.42 Å². The van der Waals surface area contributed by atoms with Gasteiger partial charge in [0, 0.05) is 16.6 Å². The fourth-order valence-electron chi connectivity index (χ4n) is 1.54. The van der Waals surface area contributed by atoms with Crippen LogP contribution < -0.4 is 10.5 Å². The zero-order valence-electron chi connectivity index (χ0n) is 10.1. The van der Waals surface area contributed by atoms with Crippen LogP contribution in [0.5, 0.6) is 0 Å². The second-order valence-electron chi connectivity index (χ2n) is 4.07. The second-order valence-corrected chi connectivity index (χ2v) is 6.66. The number of hydrogen-bond acceptors (Lipinski definition) is 4. The zero-order valence-corrected chi connectivity index (χ0v) is 12.5. The molecule has 8 heteroatoms. The quantitative estimate of drug-likeness (QED) is 0.782. The molecule has 0 aliphatic heterocycles. The van der Waals surface area contributed by atoms with Crippen molar-refractivity contribution >= 4 is 31.8 Å². The fourth-order valence-corrected chi connectivity index (χ4v) is 3.73. The maximum absolute atomic E-state index is 12.2. The Labute approximate surface area is 119 Å². The Morgan fingerprint density at radius 3 is 2.79 bits per heavy atom. The third kappa shape index (κ3) is 3.14. The smallest absolute Gasteiger partial charge is 0.241 e. The van der Waals surface area contributed by atoms with E-state index >= 15 is 0 Å². The van der Waals surface area contributed by atoms with Crippen LogP contribution >= 0.6 is 15.9 Å². The summed E-state index contributed by atoms with van der Waals surface area (Å²) in [7, 11) is -3.59. The highest BCUT2D eigenvalue weighted by Gasteiger charge is 2.17. The van der Waals surface area contributed by atoms with Crippen molar-refractivity contribution < 1.29 is 8.42 Å². The summed E-state index contributed by atoms with van der Waals surface area (Å²) in [4.78, 5) is 0.195. The Kier molecular flexibility index (Phi) is 3.93. The number of benzene rings is 1. The predicted octanol–water partition coefficient (Wildman–Crippen LogP) is 1.54. The Morgan fingerprint density at radius 1 is 1.47 bits per heavy atom. The number of halogens is 1. The molecule has 0 aliphatic carbocycles. The Balaban J connectivity index is 2.21. The summed E-state index contributed by atoms with van der Waals surface area (Å²) in [5, 5.41) is 6.28. The van der Waals surface area contributed by atoms with Gasteiger partial charge in [0.15, 0.2) is 0 Å². The molecule has 1 aromatic carbocycles. The van der Waals surface area contributed by atoms with Gasteiger partial charge in [-0.3, -0.25) is 5.10 Å². The number of anilines is 1. The van der Waals surface area contributed by atoms with Crippen LogP contribution in [0.1, 0.15) is 11.1 Å². The molecule has 0 saturated heterocycles. The highest BCUT2D eigenvalue weighted by molar-refractivity contribution is 9.10. The standard InChI is InChI=1S/C11H13BrN4O2S/c1-7-2-3-10(9(12)4-7)19(17,18)15-6-8-5-14-16-11(8)13/h2-5,15H,6H2,1H3,(H3,13,14,16). The lowest BCUT2D eigenvalue weighted by Crippen LogP contribution is -2.23. The number of aryl methyl sites for hydroxylation is 1. The SMILES string of the molecule is Cc1ccc(S(=O)(=O)NCc2cn[nH]c2N)c(Br)c1. The molecular formula is C11H13BrN4O2S. The van der Waals surface area contributed by atoms with E-state index in [-0.39, 0.29) is 11.4 Å². The first-order valence-corrected chi connectivity index (χ1v) is 7.71. The van der Waals surface area contributed by atoms with Crippen molar-refractivity contribution in [3.8, 4) is 0 Å². The first-order valence-electron chi connectivity index (χ1n) is 5.43. The van der Waals surface area contributed by atoms with E-state index in [1.807, 2.05) is 6.92 Å². The fraction of sp³-hybridized carbons (Fsp3) is 0.182. The summed E-state index contributed by atoms with van der Waals surface area (Å²) in [6, 6.07) is 5.05. The van der Waals surface area contributed by atoms with Gasteiger partial charge < -0.3 is 5.73 Å². The van der Waals surface area contributed by atoms with Crippen LogP contribution in [0.4, 0.5) is 5.82 Å². The lowest BCUT2D eigenvalue weighted by molar-refractivity contribution is 0.581. The zero-order chi connectivity index (χ0) is 14.0. The van der Waals surface area contributed by atoms with Crippen LogP contribution in [-0.2, 0) is 16.6 Å². The van der Waals surface area contributed by atoms with Crippen molar-refractivity contribution in [1.82, 2.24) is 14.9 Å². The van der Waals surface area contributed by atoms with Gasteiger partial charge in [0.05, 0.1) is 11.1 Å². The highest BCUT2D eigenvalue weighted by Crippen LogP contribution is 2.23. The largest absolute Gasteiger partial charge is 0.384 e. The molecule has 6 nitrogen and oxygen atoms in total. The summed E-state index contributed by atoms with van der Waals surface area (Å²) >= 11 is 3.25. The summed E-state index contributed by atoms with van der Waals surface area (Å²) < 4.78 is 27.3. The maximum atomic E-state index is 12.2. The van der Waals surface area contributed by atoms with Gasteiger partial charge in [-0.05, 0) is 40.5 Å². The van der Waals surface area contributed by atoms with E-state index in [0.717, 1.165) is 5.56 Å². The minimum atomic E-state index is -3.59. The molecule has 0 saturated carbocycles. The number of rotatable bonds is 4. The average Bonchev–Trinajstić information content (AvgIpc) is 2.72. The number of nitrogen functional groups attached to an aromatic ring is 1. The molecule has 0 radical (unpaired) electrons. The molecule has 102 valence electrons. The van der Waals surface area contributed by atoms with Crippen molar-refractivity contribution in [2.45, 2.75) is 18.4 Å². The van der Waals surface area contributed by atoms with E-state index in [2.05, 4.69) is 30.8 Å². The number of aromatic amines is 1. The van der Waals surface area contributed by atoms with Crippen molar-refractivity contribution in [1.29, 1.82) is 0 Å². The maximum Gasteiger partial charge on any atom is 0.241 e. The van der Waals surface area contributed by atoms with Crippen LogP contribution in [0.2, 0.25) is 0 Å². The van der Waals surface area contributed by atoms with E-state index in [1.165, 1.54) is 6.20 Å². The molecule has 4 N–H and O–H groups in total. The molecule has 1 heterocycles. The number of nitrogens with two attached hydrogens (primary N) is 1. The van der Waals surface area contributed by atoms with E-state index in [1.54, 1.807) is 18.2 Å². The van der Waals surface area contributed by atoms with Gasteiger partial charge in [-0.15, -0.1) is 0 Å². The van der Waals surface area contributed by atoms with Gasteiger partial charge >= 0.3 is 0 Å². The van der Waals surface area contributed by atoms with Gasteiger partial charge in [0.2, 0.25) is 10.0 Å². The lowest BCUT2D eigenvalue weighted by Gasteiger charge is -2.08. The molecule has 2 aromatic rings. The number of aromatic nitrogens is 2. The van der Waals surface area contributed by atoms with Crippen LogP contribution in [0.3, 0.4) is 0 Å². The van der Waals surface area contributed by atoms with Crippen LogP contribution in [0.25, 0.3) is 0 Å². The molecule has 0 aliphatic rings. The van der Waals surface area contributed by atoms with Crippen LogP contribution in [-0.4, -0.2) is 18.6 Å². The minimum Gasteiger partial charge on any atom is -0.384 e. The van der Waals surface area contributed by atoms with Crippen molar-refractivity contribution in [3.05, 3.63) is 40.0 Å². The van der Waals surface area contributed by atoms with Crippen LogP contribution in [0.15, 0.2) is 33.8 Å². The second kappa shape index (κ2) is 5.32. The topological polar surface area (TPSA) is 101 Å². The number of hydrogen-bond donors (Lipinski definition) is 3. The summed E-state index contributed by atoms with van der Waals surface area (Å²) in [5.41, 5.74) is 7.18. The van der Waals surface area contributed by atoms with Crippen molar-refractivity contribution in [2.75, 3.05) is 5.73 Å². The van der Waals surface area contributed by atoms with E-state index in [4.69, 9.17) is 5.73 Å². The number of sulfonamides is 1. The Bertz CT molecular complexity index is 696. The molecule has 0 bridgehead atoms. The van der Waals surface area contributed by atoms with Gasteiger partial charge in [0.25, 0.3) is 0 Å². The highest BCUT2D eigenvalue weighted by atomic mass is 79.9. The van der Waals surface area contributed by atoms with Gasteiger partial charge in [-0.2, -0.15) is 5.10 Å². The lowest BCUT2D eigenvalue weighted by atomic mass is 10.2. The summed E-state index contributed by atoms with van der Waals surface area (Å²) in [5.74, 6) is 0.352. The Morgan fingerprint density at radius 2 is 2.21 bits per heavy atom. The molecule has 0 atom stereocenters. The number of nitrogens with zero attached hydrogens (tertiary/aromatic N) is 1. The van der Waals surface area contributed by atoms with Crippen molar-refractivity contribution in [2.24, 2.45) is 0 Å². The molecule has 1 aromatic heterocycles. The van der Waals surface area contributed by atoms with Crippen LogP contribution in [0, 0.1) is 6.92 Å². The predicted molar refractivity (Wildman–Crippen MR) is 75.9 cm³/mol.